The number of anilines is 1. The molecule has 3 N–H and O–H groups in total. The minimum Gasteiger partial charge on any atom is -0.383 e. The number of morpholine rings is 1. The van der Waals surface area contributed by atoms with E-state index in [1.807, 2.05) is 18.2 Å². The van der Waals surface area contributed by atoms with Crippen molar-refractivity contribution in [2.75, 3.05) is 45.1 Å². The first kappa shape index (κ1) is 27.6. The molecule has 0 unspecified atom stereocenters. The van der Waals surface area contributed by atoms with E-state index in [-0.39, 0.29) is 5.82 Å². The van der Waals surface area contributed by atoms with Gasteiger partial charge in [0.15, 0.2) is 0 Å². The van der Waals surface area contributed by atoms with E-state index < -0.39 is 0 Å². The molecular formula is C36H35N5O. The maximum absolute atomic E-state index is 10.0. The van der Waals surface area contributed by atoms with Gasteiger partial charge < -0.3 is 15.8 Å². The molecule has 210 valence electrons. The molecular weight excluding hydrogens is 518 g/mol. The van der Waals surface area contributed by atoms with Gasteiger partial charge in [-0.2, -0.15) is 5.26 Å². The van der Waals surface area contributed by atoms with Gasteiger partial charge in [0.25, 0.3) is 0 Å². The molecule has 1 aliphatic rings. The number of aromatic nitrogens is 1. The van der Waals surface area contributed by atoms with Gasteiger partial charge in [0, 0.05) is 30.6 Å². The van der Waals surface area contributed by atoms with Gasteiger partial charge in [0.1, 0.15) is 17.5 Å². The molecule has 0 radical (unpaired) electrons. The quantitative estimate of drug-likeness (QED) is 0.203. The normalized spacial score (nSPS) is 13.7. The van der Waals surface area contributed by atoms with Crippen molar-refractivity contribution < 1.29 is 4.74 Å². The predicted molar refractivity (Wildman–Crippen MR) is 171 cm³/mol. The Morgan fingerprint density at radius 1 is 0.810 bits per heavy atom. The third kappa shape index (κ3) is 6.19. The number of nitrogens with one attached hydrogen (secondary N) is 1. The number of nitriles is 1. The summed E-state index contributed by atoms with van der Waals surface area (Å²) >= 11 is 0. The molecule has 42 heavy (non-hydrogen) atoms. The number of nitrogens with two attached hydrogens (primary N) is 1. The van der Waals surface area contributed by atoms with Crippen molar-refractivity contribution in [2.45, 2.75) is 13.0 Å². The Bertz CT molecular complexity index is 1700. The van der Waals surface area contributed by atoms with Crippen molar-refractivity contribution in [2.24, 2.45) is 0 Å². The first-order valence-corrected chi connectivity index (χ1v) is 14.6. The summed E-state index contributed by atoms with van der Waals surface area (Å²) in [5.41, 5.74) is 15.0. The van der Waals surface area contributed by atoms with E-state index in [0.29, 0.717) is 5.56 Å². The topological polar surface area (TPSA) is 87.2 Å². The lowest BCUT2D eigenvalue weighted by Gasteiger charge is -2.26. The van der Waals surface area contributed by atoms with E-state index in [0.717, 1.165) is 96.6 Å². The minimum absolute atomic E-state index is 0.249. The zero-order valence-corrected chi connectivity index (χ0v) is 23.7. The van der Waals surface area contributed by atoms with Gasteiger partial charge in [-0.05, 0) is 65.0 Å². The highest BCUT2D eigenvalue weighted by atomic mass is 16.5. The molecule has 0 bridgehead atoms. The van der Waals surface area contributed by atoms with Crippen LogP contribution in [0.5, 0.6) is 0 Å². The molecule has 1 aromatic heterocycles. The first-order chi connectivity index (χ1) is 20.7. The fourth-order valence-corrected chi connectivity index (χ4v) is 5.68. The number of rotatable bonds is 9. The number of hydrogen-bond acceptors (Lipinski definition) is 6. The van der Waals surface area contributed by atoms with Gasteiger partial charge in [0.05, 0.1) is 18.7 Å². The second-order valence-electron chi connectivity index (χ2n) is 10.7. The number of nitrogens with zero attached hydrogens (tertiary/aromatic N) is 3. The van der Waals surface area contributed by atoms with Crippen LogP contribution in [0.15, 0.2) is 97.1 Å². The molecule has 0 amide bonds. The summed E-state index contributed by atoms with van der Waals surface area (Å²) in [7, 11) is 0. The van der Waals surface area contributed by atoms with E-state index in [4.69, 9.17) is 10.5 Å². The van der Waals surface area contributed by atoms with Gasteiger partial charge in [-0.15, -0.1) is 0 Å². The van der Waals surface area contributed by atoms with Crippen molar-refractivity contribution in [1.29, 1.82) is 5.26 Å². The summed E-state index contributed by atoms with van der Waals surface area (Å²) in [4.78, 5) is 7.12. The molecule has 0 atom stereocenters. The van der Waals surface area contributed by atoms with Crippen LogP contribution in [0, 0.1) is 11.3 Å². The largest absolute Gasteiger partial charge is 0.383 e. The second-order valence-corrected chi connectivity index (χ2v) is 10.7. The van der Waals surface area contributed by atoms with Gasteiger partial charge in [-0.1, -0.05) is 84.9 Å². The fraction of sp³-hybridized carbons (Fsp3) is 0.222. The van der Waals surface area contributed by atoms with Crippen molar-refractivity contribution in [3.63, 3.8) is 0 Å². The maximum Gasteiger partial charge on any atom is 0.142 e. The molecule has 6 nitrogen and oxygen atoms in total. The first-order valence-electron chi connectivity index (χ1n) is 14.6. The van der Waals surface area contributed by atoms with E-state index in [1.165, 1.54) is 5.56 Å². The highest BCUT2D eigenvalue weighted by Gasteiger charge is 2.16. The number of benzene rings is 4. The van der Waals surface area contributed by atoms with Crippen molar-refractivity contribution >= 4 is 16.7 Å². The van der Waals surface area contributed by atoms with Crippen LogP contribution in [0.4, 0.5) is 5.82 Å². The SMILES string of the molecule is N#Cc1c(N)nc2cc(-c3cccc(CNCCCN4CCOCC4)c3)ccc2c1-c1ccc(-c2ccccc2)cc1. The highest BCUT2D eigenvalue weighted by molar-refractivity contribution is 6.01. The Kier molecular flexibility index (Phi) is 8.53. The van der Waals surface area contributed by atoms with E-state index in [1.54, 1.807) is 0 Å². The minimum atomic E-state index is 0.249. The van der Waals surface area contributed by atoms with Crippen LogP contribution in [-0.2, 0) is 11.3 Å². The Morgan fingerprint density at radius 2 is 1.50 bits per heavy atom. The molecule has 4 aromatic carbocycles. The molecule has 0 aliphatic carbocycles. The van der Waals surface area contributed by atoms with Gasteiger partial charge in [-0.3, -0.25) is 4.90 Å². The number of hydrogen-bond donors (Lipinski definition) is 2. The average molecular weight is 554 g/mol. The summed E-state index contributed by atoms with van der Waals surface area (Å²) in [6, 6.07) is 35.7. The lowest BCUT2D eigenvalue weighted by Crippen LogP contribution is -2.37. The lowest BCUT2D eigenvalue weighted by atomic mass is 9.93. The third-order valence-corrected chi connectivity index (χ3v) is 7.93. The smallest absolute Gasteiger partial charge is 0.142 e. The maximum atomic E-state index is 10.0. The molecule has 6 heteroatoms. The molecule has 1 fully saturated rings. The van der Waals surface area contributed by atoms with Crippen LogP contribution in [-0.4, -0.2) is 49.3 Å². The van der Waals surface area contributed by atoms with Crippen molar-refractivity contribution in [1.82, 2.24) is 15.2 Å². The molecule has 1 aliphatic heterocycles. The Hall–Kier alpha value is -4.54. The number of pyridine rings is 1. The zero-order valence-electron chi connectivity index (χ0n) is 23.7. The van der Waals surface area contributed by atoms with Gasteiger partial charge >= 0.3 is 0 Å². The molecule has 2 heterocycles. The second kappa shape index (κ2) is 13.0. The van der Waals surface area contributed by atoms with Crippen LogP contribution >= 0.6 is 0 Å². The lowest BCUT2D eigenvalue weighted by molar-refractivity contribution is 0.0374. The van der Waals surface area contributed by atoms with Crippen LogP contribution in [0.25, 0.3) is 44.3 Å². The van der Waals surface area contributed by atoms with Crippen molar-refractivity contribution in [3.05, 3.63) is 108 Å². The molecule has 0 saturated carbocycles. The Morgan fingerprint density at radius 3 is 2.29 bits per heavy atom. The molecule has 6 rings (SSSR count). The number of nitrogen functional groups attached to an aromatic ring is 1. The average Bonchev–Trinajstić information content (AvgIpc) is 3.05. The van der Waals surface area contributed by atoms with E-state index in [9.17, 15) is 5.26 Å². The summed E-state index contributed by atoms with van der Waals surface area (Å²) < 4.78 is 5.44. The van der Waals surface area contributed by atoms with Gasteiger partial charge in [0.2, 0.25) is 0 Å². The van der Waals surface area contributed by atoms with E-state index in [2.05, 4.69) is 100 Å². The van der Waals surface area contributed by atoms with Crippen molar-refractivity contribution in [3.8, 4) is 39.4 Å². The van der Waals surface area contributed by atoms with Crippen LogP contribution in [0.2, 0.25) is 0 Å². The summed E-state index contributed by atoms with van der Waals surface area (Å²) in [6.45, 7) is 6.68. The predicted octanol–water partition coefficient (Wildman–Crippen LogP) is 6.50. The Labute approximate surface area is 247 Å². The molecule has 1 saturated heterocycles. The molecule has 5 aromatic rings. The standard InChI is InChI=1S/C36H35N5O/c37-24-33-35(29-12-10-28(11-13-29)27-7-2-1-3-8-27)32-15-14-31(23-34(32)40-36(33)38)30-9-4-6-26(22-30)25-39-16-5-17-41-18-20-42-21-19-41/h1-4,6-15,22-23,39H,5,16-21,25H2,(H2,38,40). The summed E-state index contributed by atoms with van der Waals surface area (Å²) in [5.74, 6) is 0.249. The van der Waals surface area contributed by atoms with Crippen LogP contribution in [0.3, 0.4) is 0 Å². The zero-order chi connectivity index (χ0) is 28.7. The fourth-order valence-electron chi connectivity index (χ4n) is 5.68. The number of fused-ring (bicyclic) bond motifs is 1. The van der Waals surface area contributed by atoms with Gasteiger partial charge in [-0.25, -0.2) is 4.98 Å². The van der Waals surface area contributed by atoms with E-state index >= 15 is 0 Å². The van der Waals surface area contributed by atoms with Crippen LogP contribution in [0.1, 0.15) is 17.5 Å². The van der Waals surface area contributed by atoms with Crippen LogP contribution < -0.4 is 11.1 Å². The number of ether oxygens (including phenoxy) is 1. The molecule has 0 spiro atoms. The monoisotopic (exact) mass is 553 g/mol. The third-order valence-electron chi connectivity index (χ3n) is 7.93. The summed E-state index contributed by atoms with van der Waals surface area (Å²) in [6.07, 6.45) is 1.12. The Balaban J connectivity index is 1.22. The highest BCUT2D eigenvalue weighted by Crippen LogP contribution is 2.36. The summed E-state index contributed by atoms with van der Waals surface area (Å²) in [5, 5.41) is 14.5.